The summed E-state index contributed by atoms with van der Waals surface area (Å²) in [5.74, 6) is 0.597. The van der Waals surface area contributed by atoms with E-state index in [-0.39, 0.29) is 4.90 Å². The molecule has 20 heavy (non-hydrogen) atoms. The summed E-state index contributed by atoms with van der Waals surface area (Å²) in [5, 5.41) is 7.95. The fraction of sp³-hybridized carbons (Fsp3) is 0.545. The molecule has 2 rings (SSSR count). The molecule has 2 aromatic rings. The first-order valence-corrected chi connectivity index (χ1v) is 7.81. The Morgan fingerprint density at radius 3 is 2.75 bits per heavy atom. The summed E-state index contributed by atoms with van der Waals surface area (Å²) in [5.41, 5.74) is 0. The lowest BCUT2D eigenvalue weighted by Gasteiger charge is -2.13. The van der Waals surface area contributed by atoms with E-state index in [1.54, 1.807) is 18.7 Å². The van der Waals surface area contributed by atoms with Gasteiger partial charge in [-0.1, -0.05) is 6.92 Å². The second-order valence-corrected chi connectivity index (χ2v) is 6.25. The van der Waals surface area contributed by atoms with Crippen LogP contribution in [0.2, 0.25) is 0 Å². The molecule has 0 bridgehead atoms. The zero-order chi connectivity index (χ0) is 14.8. The molecule has 0 aliphatic heterocycles. The lowest BCUT2D eigenvalue weighted by molar-refractivity contribution is 0.515. The van der Waals surface area contributed by atoms with E-state index in [0.29, 0.717) is 12.4 Å². The van der Waals surface area contributed by atoms with Crippen LogP contribution in [0.15, 0.2) is 23.6 Å². The van der Waals surface area contributed by atoms with Gasteiger partial charge in [-0.3, -0.25) is 4.68 Å². The highest BCUT2D eigenvalue weighted by Crippen LogP contribution is 2.14. The quantitative estimate of drug-likeness (QED) is 0.836. The molecule has 1 atom stereocenters. The number of sulfonamides is 1. The normalized spacial score (nSPS) is 13.6. The van der Waals surface area contributed by atoms with Crippen LogP contribution in [0.1, 0.15) is 32.1 Å². The molecule has 2 heterocycles. The van der Waals surface area contributed by atoms with E-state index in [1.807, 2.05) is 6.92 Å². The molecule has 0 saturated carbocycles. The van der Waals surface area contributed by atoms with Crippen LogP contribution < -0.4 is 4.72 Å². The van der Waals surface area contributed by atoms with Crippen molar-refractivity contribution >= 4 is 10.0 Å². The van der Waals surface area contributed by atoms with Crippen LogP contribution in [0.3, 0.4) is 0 Å². The van der Waals surface area contributed by atoms with Gasteiger partial charge in [0.25, 0.3) is 0 Å². The van der Waals surface area contributed by atoms with E-state index in [1.165, 1.54) is 23.4 Å². The molecule has 2 aromatic heterocycles. The Bertz CT molecular complexity index is 675. The molecular formula is C11H18N6O2S. The molecule has 0 saturated heterocycles. The molecule has 0 fully saturated rings. The first kappa shape index (κ1) is 14.7. The van der Waals surface area contributed by atoms with Crippen molar-refractivity contribution in [3.05, 3.63) is 24.5 Å². The van der Waals surface area contributed by atoms with Gasteiger partial charge in [0.15, 0.2) is 0 Å². The molecule has 1 unspecified atom stereocenters. The lowest BCUT2D eigenvalue weighted by atomic mass is 10.3. The summed E-state index contributed by atoms with van der Waals surface area (Å²) in [6, 6.07) is -0.464. The molecule has 0 aromatic carbocycles. The van der Waals surface area contributed by atoms with Crippen molar-refractivity contribution in [3.63, 3.8) is 0 Å². The second-order valence-electron chi connectivity index (χ2n) is 4.53. The number of hydrogen-bond acceptors (Lipinski definition) is 5. The highest BCUT2D eigenvalue weighted by Gasteiger charge is 2.22. The van der Waals surface area contributed by atoms with E-state index in [2.05, 4.69) is 19.9 Å². The molecule has 0 spiro atoms. The molecule has 8 nitrogen and oxygen atoms in total. The summed E-state index contributed by atoms with van der Waals surface area (Å²) in [4.78, 5) is 4.25. The van der Waals surface area contributed by atoms with Gasteiger partial charge in [-0.05, 0) is 13.3 Å². The van der Waals surface area contributed by atoms with Crippen LogP contribution in [0.25, 0.3) is 0 Å². The Balaban J connectivity index is 2.18. The van der Waals surface area contributed by atoms with E-state index in [4.69, 9.17) is 0 Å². The van der Waals surface area contributed by atoms with Gasteiger partial charge >= 0.3 is 0 Å². The Hall–Kier alpha value is -1.74. The van der Waals surface area contributed by atoms with Crippen molar-refractivity contribution in [2.45, 2.75) is 37.8 Å². The maximum atomic E-state index is 12.2. The SMILES string of the molecule is CCCn1ncnc1C(C)NS(=O)(=O)c1cnn(C)c1. The predicted molar refractivity (Wildman–Crippen MR) is 72.3 cm³/mol. The van der Waals surface area contributed by atoms with Gasteiger partial charge < -0.3 is 0 Å². The number of aromatic nitrogens is 5. The Morgan fingerprint density at radius 2 is 2.15 bits per heavy atom. The molecule has 1 N–H and O–H groups in total. The zero-order valence-corrected chi connectivity index (χ0v) is 12.5. The summed E-state index contributed by atoms with van der Waals surface area (Å²) in [7, 11) is -1.94. The molecule has 0 aliphatic rings. The zero-order valence-electron chi connectivity index (χ0n) is 11.7. The van der Waals surface area contributed by atoms with Crippen LogP contribution in [0.5, 0.6) is 0 Å². The third-order valence-corrected chi connectivity index (χ3v) is 4.29. The Labute approximate surface area is 117 Å². The predicted octanol–water partition coefficient (Wildman–Crippen LogP) is 0.461. The van der Waals surface area contributed by atoms with Gasteiger partial charge in [-0.15, -0.1) is 0 Å². The molecule has 0 aliphatic carbocycles. The average Bonchev–Trinajstić information content (AvgIpc) is 2.98. The molecular weight excluding hydrogens is 280 g/mol. The molecule has 0 radical (unpaired) electrons. The third-order valence-electron chi connectivity index (χ3n) is 2.79. The average molecular weight is 298 g/mol. The van der Waals surface area contributed by atoms with Gasteiger partial charge in [0, 0.05) is 19.8 Å². The van der Waals surface area contributed by atoms with Gasteiger partial charge in [0.1, 0.15) is 17.0 Å². The van der Waals surface area contributed by atoms with Gasteiger partial charge in [-0.2, -0.15) is 10.2 Å². The maximum absolute atomic E-state index is 12.2. The fourth-order valence-corrected chi connectivity index (χ4v) is 3.07. The summed E-state index contributed by atoms with van der Waals surface area (Å²) in [6.07, 6.45) is 5.09. The molecule has 0 amide bonds. The standard InChI is InChI=1S/C11H18N6O2S/c1-4-5-17-11(12-8-14-17)9(2)15-20(18,19)10-6-13-16(3)7-10/h6-9,15H,4-5H2,1-3H3. The van der Waals surface area contributed by atoms with Gasteiger partial charge in [-0.25, -0.2) is 22.8 Å². The minimum atomic E-state index is -3.61. The lowest BCUT2D eigenvalue weighted by Crippen LogP contribution is -2.29. The fourth-order valence-electron chi connectivity index (χ4n) is 1.88. The van der Waals surface area contributed by atoms with Crippen molar-refractivity contribution < 1.29 is 8.42 Å². The summed E-state index contributed by atoms with van der Waals surface area (Å²) >= 11 is 0. The van der Waals surface area contributed by atoms with Crippen LogP contribution in [0, 0.1) is 0 Å². The number of nitrogens with one attached hydrogen (secondary N) is 1. The van der Waals surface area contributed by atoms with Gasteiger partial charge in [0.2, 0.25) is 10.0 Å². The van der Waals surface area contributed by atoms with Gasteiger partial charge in [0.05, 0.1) is 12.2 Å². The first-order valence-electron chi connectivity index (χ1n) is 6.32. The third kappa shape index (κ3) is 3.05. The smallest absolute Gasteiger partial charge is 0.244 e. The van der Waals surface area contributed by atoms with Crippen LogP contribution >= 0.6 is 0 Å². The van der Waals surface area contributed by atoms with Crippen molar-refractivity contribution in [1.82, 2.24) is 29.3 Å². The maximum Gasteiger partial charge on any atom is 0.244 e. The van der Waals surface area contributed by atoms with Crippen LogP contribution in [-0.2, 0) is 23.6 Å². The van der Waals surface area contributed by atoms with E-state index in [9.17, 15) is 8.42 Å². The largest absolute Gasteiger partial charge is 0.274 e. The van der Waals surface area contributed by atoms with Crippen LogP contribution in [0.4, 0.5) is 0 Å². The Morgan fingerprint density at radius 1 is 1.40 bits per heavy atom. The van der Waals surface area contributed by atoms with Crippen molar-refractivity contribution in [1.29, 1.82) is 0 Å². The highest BCUT2D eigenvalue weighted by molar-refractivity contribution is 7.89. The summed E-state index contributed by atoms with van der Waals surface area (Å²) in [6.45, 7) is 4.47. The molecule has 9 heteroatoms. The summed E-state index contributed by atoms with van der Waals surface area (Å²) < 4.78 is 30.1. The van der Waals surface area contributed by atoms with E-state index in [0.717, 1.165) is 6.42 Å². The number of hydrogen-bond donors (Lipinski definition) is 1. The van der Waals surface area contributed by atoms with Crippen molar-refractivity contribution in [3.8, 4) is 0 Å². The van der Waals surface area contributed by atoms with E-state index < -0.39 is 16.1 Å². The highest BCUT2D eigenvalue weighted by atomic mass is 32.2. The second kappa shape index (κ2) is 5.71. The minimum absolute atomic E-state index is 0.133. The van der Waals surface area contributed by atoms with E-state index >= 15 is 0 Å². The molecule has 110 valence electrons. The van der Waals surface area contributed by atoms with Crippen molar-refractivity contribution in [2.24, 2.45) is 7.05 Å². The number of rotatable bonds is 6. The van der Waals surface area contributed by atoms with Crippen molar-refractivity contribution in [2.75, 3.05) is 0 Å². The minimum Gasteiger partial charge on any atom is -0.274 e. The Kier molecular flexibility index (Phi) is 4.19. The topological polar surface area (TPSA) is 94.7 Å². The van der Waals surface area contributed by atoms with Crippen LogP contribution in [-0.4, -0.2) is 33.0 Å². The first-order chi connectivity index (χ1) is 9.44. The number of aryl methyl sites for hydroxylation is 2. The number of nitrogens with zero attached hydrogens (tertiary/aromatic N) is 5. The monoisotopic (exact) mass is 298 g/mol.